The van der Waals surface area contributed by atoms with Crippen LogP contribution in [0.2, 0.25) is 0 Å². The monoisotopic (exact) mass is 445 g/mol. The maximum Gasteiger partial charge on any atom is 0.226 e. The van der Waals surface area contributed by atoms with E-state index in [0.29, 0.717) is 24.5 Å². The number of nitrogens with zero attached hydrogens (tertiary/aromatic N) is 2. The van der Waals surface area contributed by atoms with Gasteiger partial charge in [0.1, 0.15) is 11.6 Å². The number of hydrogen-bond acceptors (Lipinski definition) is 4. The van der Waals surface area contributed by atoms with Crippen molar-refractivity contribution in [3.63, 3.8) is 0 Å². The van der Waals surface area contributed by atoms with Crippen molar-refractivity contribution in [2.24, 2.45) is 0 Å². The molecule has 7 heteroatoms. The zero-order valence-electron chi connectivity index (χ0n) is 14.9. The number of anilines is 1. The van der Waals surface area contributed by atoms with Crippen LogP contribution in [0, 0.1) is 0 Å². The summed E-state index contributed by atoms with van der Waals surface area (Å²) in [5.74, 6) is 2.21. The third-order valence-electron chi connectivity index (χ3n) is 3.92. The highest BCUT2D eigenvalue weighted by molar-refractivity contribution is 9.10. The summed E-state index contributed by atoms with van der Waals surface area (Å²) in [6.45, 7) is 0.588. The van der Waals surface area contributed by atoms with Gasteiger partial charge < -0.3 is 10.1 Å². The number of rotatable bonds is 8. The lowest BCUT2D eigenvalue weighted by Gasteiger charge is -2.10. The average Bonchev–Trinajstić information content (AvgIpc) is 3.11. The molecule has 5 nitrogen and oxygen atoms in total. The minimum atomic E-state index is -0.0233. The molecule has 2 aromatic carbocycles. The highest BCUT2D eigenvalue weighted by Gasteiger charge is 2.09. The molecule has 0 saturated heterocycles. The second-order valence-electron chi connectivity index (χ2n) is 5.79. The Kier molecular flexibility index (Phi) is 6.95. The molecule has 0 aliphatic heterocycles. The predicted octanol–water partition coefficient (Wildman–Crippen LogP) is 4.82. The van der Waals surface area contributed by atoms with E-state index in [4.69, 9.17) is 4.74 Å². The molecular formula is C20H20BrN3O2S. The Morgan fingerprint density at radius 3 is 2.70 bits per heavy atom. The number of nitrogens with one attached hydrogen (secondary N) is 1. The summed E-state index contributed by atoms with van der Waals surface area (Å²) in [6.07, 6.45) is 2.12. The van der Waals surface area contributed by atoms with Gasteiger partial charge in [0.15, 0.2) is 0 Å². The van der Waals surface area contributed by atoms with Crippen LogP contribution in [-0.2, 0) is 11.3 Å². The number of benzene rings is 2. The minimum absolute atomic E-state index is 0.0233. The summed E-state index contributed by atoms with van der Waals surface area (Å²) < 4.78 is 7.96. The highest BCUT2D eigenvalue weighted by atomic mass is 79.9. The zero-order valence-corrected chi connectivity index (χ0v) is 17.3. The number of amides is 1. The van der Waals surface area contributed by atoms with Crippen molar-refractivity contribution in [3.05, 3.63) is 70.8 Å². The van der Waals surface area contributed by atoms with E-state index in [-0.39, 0.29) is 5.91 Å². The van der Waals surface area contributed by atoms with Gasteiger partial charge in [-0.1, -0.05) is 34.1 Å². The van der Waals surface area contributed by atoms with Crippen molar-refractivity contribution in [2.45, 2.75) is 17.9 Å². The van der Waals surface area contributed by atoms with E-state index >= 15 is 0 Å². The van der Waals surface area contributed by atoms with Crippen LogP contribution in [0.3, 0.4) is 0 Å². The van der Waals surface area contributed by atoms with Crippen molar-refractivity contribution in [2.75, 3.05) is 18.2 Å². The smallest absolute Gasteiger partial charge is 0.226 e. The van der Waals surface area contributed by atoms with E-state index in [1.807, 2.05) is 54.6 Å². The fraction of sp³-hybridized carbons (Fsp3) is 0.200. The number of aromatic nitrogens is 2. The molecular weight excluding hydrogens is 426 g/mol. The molecule has 0 unspecified atom stereocenters. The third-order valence-corrected chi connectivity index (χ3v) is 5.71. The fourth-order valence-corrected chi connectivity index (χ4v) is 3.75. The second-order valence-corrected chi connectivity index (χ2v) is 7.81. The summed E-state index contributed by atoms with van der Waals surface area (Å²) in [5, 5.41) is 7.26. The lowest BCUT2D eigenvalue weighted by atomic mass is 10.2. The van der Waals surface area contributed by atoms with E-state index in [1.54, 1.807) is 29.8 Å². The number of hydrogen-bond donors (Lipinski definition) is 1. The Bertz CT molecular complexity index is 896. The lowest BCUT2D eigenvalue weighted by molar-refractivity contribution is -0.115. The summed E-state index contributed by atoms with van der Waals surface area (Å²) >= 11 is 5.19. The summed E-state index contributed by atoms with van der Waals surface area (Å²) in [6, 6.07) is 17.6. The molecule has 1 amide bonds. The molecule has 0 saturated carbocycles. The standard InChI is InChI=1S/C20H20BrN3O2S/c1-26-16-6-8-17(9-7-16)27-13-11-20(25)23-19-10-12-22-24(19)14-15-4-2-3-5-18(15)21/h2-10,12H,11,13-14H2,1H3,(H,23,25). The second kappa shape index (κ2) is 9.62. The van der Waals surface area contributed by atoms with E-state index < -0.39 is 0 Å². The maximum atomic E-state index is 12.3. The van der Waals surface area contributed by atoms with E-state index in [0.717, 1.165) is 20.7 Å². The molecule has 1 heterocycles. The number of carbonyl (C=O) groups is 1. The van der Waals surface area contributed by atoms with Crippen LogP contribution in [0.25, 0.3) is 0 Å². The Balaban J connectivity index is 1.51. The SMILES string of the molecule is COc1ccc(SCCC(=O)Nc2ccnn2Cc2ccccc2Br)cc1. The molecule has 0 bridgehead atoms. The Hall–Kier alpha value is -2.25. The van der Waals surface area contributed by atoms with Gasteiger partial charge in [-0.2, -0.15) is 5.10 Å². The van der Waals surface area contributed by atoms with Gasteiger partial charge in [-0.25, -0.2) is 4.68 Å². The normalized spacial score (nSPS) is 10.6. The molecule has 0 aliphatic rings. The molecule has 0 spiro atoms. The Labute approximate surface area is 171 Å². The third kappa shape index (κ3) is 5.61. The summed E-state index contributed by atoms with van der Waals surface area (Å²) in [7, 11) is 1.65. The Morgan fingerprint density at radius 2 is 1.96 bits per heavy atom. The van der Waals surface area contributed by atoms with Gasteiger partial charge in [0.05, 0.1) is 19.9 Å². The van der Waals surface area contributed by atoms with Crippen LogP contribution >= 0.6 is 27.7 Å². The predicted molar refractivity (Wildman–Crippen MR) is 112 cm³/mol. The summed E-state index contributed by atoms with van der Waals surface area (Å²) in [5.41, 5.74) is 1.10. The molecule has 3 rings (SSSR count). The molecule has 1 aromatic heterocycles. The van der Waals surface area contributed by atoms with Crippen molar-refractivity contribution < 1.29 is 9.53 Å². The first-order valence-corrected chi connectivity index (χ1v) is 10.3. The number of methoxy groups -OCH3 is 1. The fourth-order valence-electron chi connectivity index (χ4n) is 2.49. The van der Waals surface area contributed by atoms with Gasteiger partial charge in [0.2, 0.25) is 5.91 Å². The molecule has 0 atom stereocenters. The minimum Gasteiger partial charge on any atom is -0.497 e. The number of thioether (sulfide) groups is 1. The molecule has 0 fully saturated rings. The number of carbonyl (C=O) groups excluding carboxylic acids is 1. The zero-order chi connectivity index (χ0) is 19.1. The molecule has 27 heavy (non-hydrogen) atoms. The van der Waals surface area contributed by atoms with Crippen LogP contribution in [-0.4, -0.2) is 28.6 Å². The van der Waals surface area contributed by atoms with Crippen molar-refractivity contribution in [3.8, 4) is 5.75 Å². The van der Waals surface area contributed by atoms with Crippen molar-refractivity contribution in [1.82, 2.24) is 9.78 Å². The first-order valence-electron chi connectivity index (χ1n) is 8.47. The molecule has 3 aromatic rings. The quantitative estimate of drug-likeness (QED) is 0.504. The topological polar surface area (TPSA) is 56.1 Å². The molecule has 0 radical (unpaired) electrons. The number of ether oxygens (including phenoxy) is 1. The van der Waals surface area contributed by atoms with Crippen LogP contribution < -0.4 is 10.1 Å². The van der Waals surface area contributed by atoms with E-state index in [1.165, 1.54) is 0 Å². The van der Waals surface area contributed by atoms with Gasteiger partial charge in [-0.05, 0) is 35.9 Å². The maximum absolute atomic E-state index is 12.3. The molecule has 0 aliphatic carbocycles. The largest absolute Gasteiger partial charge is 0.497 e. The summed E-state index contributed by atoms with van der Waals surface area (Å²) in [4.78, 5) is 13.4. The lowest BCUT2D eigenvalue weighted by Crippen LogP contribution is -2.16. The first kappa shape index (κ1) is 19.5. The van der Waals surface area contributed by atoms with Gasteiger partial charge in [-0.15, -0.1) is 11.8 Å². The highest BCUT2D eigenvalue weighted by Crippen LogP contribution is 2.22. The Morgan fingerprint density at radius 1 is 1.19 bits per heavy atom. The molecule has 1 N–H and O–H groups in total. The van der Waals surface area contributed by atoms with Gasteiger partial charge >= 0.3 is 0 Å². The van der Waals surface area contributed by atoms with Gasteiger partial charge in [-0.3, -0.25) is 4.79 Å². The van der Waals surface area contributed by atoms with Crippen LogP contribution in [0.15, 0.2) is 70.2 Å². The van der Waals surface area contributed by atoms with Crippen molar-refractivity contribution >= 4 is 39.4 Å². The van der Waals surface area contributed by atoms with E-state index in [2.05, 4.69) is 26.3 Å². The van der Waals surface area contributed by atoms with Gasteiger partial charge in [0.25, 0.3) is 0 Å². The van der Waals surface area contributed by atoms with E-state index in [9.17, 15) is 4.79 Å². The number of halogens is 1. The average molecular weight is 446 g/mol. The van der Waals surface area contributed by atoms with Crippen LogP contribution in [0.4, 0.5) is 5.82 Å². The van der Waals surface area contributed by atoms with Gasteiger partial charge in [0, 0.05) is 27.6 Å². The van der Waals surface area contributed by atoms with Crippen LogP contribution in [0.1, 0.15) is 12.0 Å². The molecule has 140 valence electrons. The van der Waals surface area contributed by atoms with Crippen LogP contribution in [0.5, 0.6) is 5.75 Å². The first-order chi connectivity index (χ1) is 13.2. The van der Waals surface area contributed by atoms with Crippen molar-refractivity contribution in [1.29, 1.82) is 0 Å².